The minimum atomic E-state index is -3.90. The first-order valence-corrected chi connectivity index (χ1v) is 8.04. The lowest BCUT2D eigenvalue weighted by Crippen LogP contribution is -2.22. The van der Waals surface area contributed by atoms with Crippen molar-refractivity contribution in [3.05, 3.63) is 23.4 Å². The molecular formula is C14H11N5O4S. The van der Waals surface area contributed by atoms with Gasteiger partial charge in [-0.25, -0.2) is 13.1 Å². The molecule has 0 aliphatic carbocycles. The summed E-state index contributed by atoms with van der Waals surface area (Å²) in [7, 11) is -2.67. The first kappa shape index (κ1) is 17.1. The van der Waals surface area contributed by atoms with E-state index in [0.717, 1.165) is 0 Å². The van der Waals surface area contributed by atoms with Gasteiger partial charge in [-0.1, -0.05) is 0 Å². The van der Waals surface area contributed by atoms with Crippen LogP contribution >= 0.6 is 0 Å². The second-order valence-electron chi connectivity index (χ2n) is 4.41. The van der Waals surface area contributed by atoms with E-state index in [9.17, 15) is 8.42 Å². The Kier molecular flexibility index (Phi) is 4.90. The minimum Gasteiger partial charge on any atom is -0.486 e. The van der Waals surface area contributed by atoms with Gasteiger partial charge >= 0.3 is 0 Å². The van der Waals surface area contributed by atoms with E-state index in [0.29, 0.717) is 0 Å². The Morgan fingerprint density at radius 3 is 2.17 bits per heavy atom. The van der Waals surface area contributed by atoms with Crippen molar-refractivity contribution < 1.29 is 17.9 Å². The number of allylic oxidation sites excluding steroid dienone is 2. The number of nitrogens with zero attached hydrogens (tertiary/aromatic N) is 3. The maximum atomic E-state index is 12.2. The molecule has 2 N–H and O–H groups in total. The summed E-state index contributed by atoms with van der Waals surface area (Å²) in [5.74, 6) is 0.524. The maximum absolute atomic E-state index is 12.2. The molecule has 0 radical (unpaired) electrons. The summed E-state index contributed by atoms with van der Waals surface area (Å²) in [4.78, 5) is -0.211. The summed E-state index contributed by atoms with van der Waals surface area (Å²) in [5.41, 5.74) is -0.863. The van der Waals surface area contributed by atoms with Crippen molar-refractivity contribution in [3.63, 3.8) is 0 Å². The van der Waals surface area contributed by atoms with Gasteiger partial charge in [-0.3, -0.25) is 0 Å². The summed E-state index contributed by atoms with van der Waals surface area (Å²) >= 11 is 0. The monoisotopic (exact) mass is 345 g/mol. The fourth-order valence-corrected chi connectivity index (χ4v) is 2.80. The Balaban J connectivity index is 2.65. The number of anilines is 1. The van der Waals surface area contributed by atoms with Gasteiger partial charge in [0.15, 0.2) is 17.1 Å². The van der Waals surface area contributed by atoms with Gasteiger partial charge in [-0.15, -0.1) is 0 Å². The van der Waals surface area contributed by atoms with Crippen LogP contribution in [0.2, 0.25) is 0 Å². The predicted molar refractivity (Wildman–Crippen MR) is 81.2 cm³/mol. The van der Waals surface area contributed by atoms with Crippen molar-refractivity contribution in [1.82, 2.24) is 4.72 Å². The van der Waals surface area contributed by atoms with Gasteiger partial charge in [-0.05, 0) is 7.05 Å². The number of benzene rings is 1. The zero-order valence-electron chi connectivity index (χ0n) is 12.5. The van der Waals surface area contributed by atoms with E-state index in [1.165, 1.54) is 19.2 Å². The van der Waals surface area contributed by atoms with Crippen LogP contribution in [0, 0.1) is 34.0 Å². The van der Waals surface area contributed by atoms with Crippen LogP contribution < -0.4 is 19.5 Å². The van der Waals surface area contributed by atoms with Crippen molar-refractivity contribution in [2.75, 3.05) is 25.6 Å². The number of hydrogen-bond donors (Lipinski definition) is 2. The molecule has 1 aromatic carbocycles. The van der Waals surface area contributed by atoms with Crippen LogP contribution in [0.5, 0.6) is 11.5 Å². The summed E-state index contributed by atoms with van der Waals surface area (Å²) in [6.45, 7) is 0.558. The normalized spacial score (nSPS) is 12.2. The zero-order valence-corrected chi connectivity index (χ0v) is 13.3. The van der Waals surface area contributed by atoms with Crippen LogP contribution in [0.1, 0.15) is 0 Å². The topological polar surface area (TPSA) is 148 Å². The highest BCUT2D eigenvalue weighted by atomic mass is 32.2. The number of nitriles is 3. The number of rotatable bonds is 4. The van der Waals surface area contributed by atoms with Crippen molar-refractivity contribution in [3.8, 4) is 29.7 Å². The molecule has 9 nitrogen and oxygen atoms in total. The fraction of sp³-hybridized carbons (Fsp3) is 0.214. The van der Waals surface area contributed by atoms with Gasteiger partial charge in [-0.2, -0.15) is 15.8 Å². The average Bonchev–Trinajstić information content (AvgIpc) is 2.61. The van der Waals surface area contributed by atoms with E-state index in [1.807, 2.05) is 0 Å². The van der Waals surface area contributed by atoms with Crippen molar-refractivity contribution in [2.45, 2.75) is 4.90 Å². The molecule has 0 saturated carbocycles. The fourth-order valence-electron chi connectivity index (χ4n) is 1.92. The Morgan fingerprint density at radius 1 is 1.08 bits per heavy atom. The van der Waals surface area contributed by atoms with E-state index < -0.39 is 15.6 Å². The Bertz CT molecular complexity index is 916. The van der Waals surface area contributed by atoms with Crippen LogP contribution in [0.25, 0.3) is 0 Å². The lowest BCUT2D eigenvalue weighted by molar-refractivity contribution is 0.171. The molecule has 0 unspecified atom stereocenters. The van der Waals surface area contributed by atoms with Gasteiger partial charge in [0.1, 0.15) is 42.0 Å². The molecule has 1 aliphatic heterocycles. The van der Waals surface area contributed by atoms with Crippen molar-refractivity contribution in [1.29, 1.82) is 15.8 Å². The van der Waals surface area contributed by atoms with E-state index in [2.05, 4.69) is 10.0 Å². The molecule has 0 aromatic heterocycles. The molecule has 1 aliphatic rings. The molecule has 0 bridgehead atoms. The minimum absolute atomic E-state index is 0.0202. The highest BCUT2D eigenvalue weighted by molar-refractivity contribution is 7.89. The molecular weight excluding hydrogens is 334 g/mol. The van der Waals surface area contributed by atoms with E-state index in [4.69, 9.17) is 25.3 Å². The van der Waals surface area contributed by atoms with Gasteiger partial charge in [0.2, 0.25) is 10.0 Å². The van der Waals surface area contributed by atoms with Crippen LogP contribution in [0.3, 0.4) is 0 Å². The Morgan fingerprint density at radius 2 is 1.67 bits per heavy atom. The molecule has 122 valence electrons. The Labute approximate surface area is 138 Å². The maximum Gasteiger partial charge on any atom is 0.242 e. The van der Waals surface area contributed by atoms with Crippen LogP contribution in [-0.4, -0.2) is 28.7 Å². The third-order valence-electron chi connectivity index (χ3n) is 3.05. The molecule has 0 fully saturated rings. The van der Waals surface area contributed by atoms with Gasteiger partial charge in [0, 0.05) is 12.1 Å². The molecule has 0 atom stereocenters. The molecule has 10 heteroatoms. The van der Waals surface area contributed by atoms with Crippen molar-refractivity contribution >= 4 is 15.7 Å². The van der Waals surface area contributed by atoms with Gasteiger partial charge in [0.05, 0.1) is 5.69 Å². The second kappa shape index (κ2) is 6.88. The van der Waals surface area contributed by atoms with E-state index in [-0.39, 0.29) is 41.0 Å². The number of sulfonamides is 1. The molecule has 0 spiro atoms. The molecule has 24 heavy (non-hydrogen) atoms. The summed E-state index contributed by atoms with van der Waals surface area (Å²) in [6.07, 6.45) is 0. The molecule has 0 amide bonds. The smallest absolute Gasteiger partial charge is 0.242 e. The van der Waals surface area contributed by atoms with Crippen LogP contribution in [0.4, 0.5) is 5.69 Å². The van der Waals surface area contributed by atoms with Gasteiger partial charge < -0.3 is 14.8 Å². The SMILES string of the molecule is CNS(=O)(=O)c1cc2c(cc1NC(C#N)=C(C#N)C#N)OCCO2. The number of nitrogens with one attached hydrogen (secondary N) is 2. The Hall–Kier alpha value is -3.26. The molecule has 1 heterocycles. The largest absolute Gasteiger partial charge is 0.486 e. The first-order valence-electron chi connectivity index (χ1n) is 6.55. The van der Waals surface area contributed by atoms with E-state index >= 15 is 0 Å². The van der Waals surface area contributed by atoms with E-state index in [1.54, 1.807) is 18.2 Å². The molecule has 1 aromatic rings. The highest BCUT2D eigenvalue weighted by Gasteiger charge is 2.24. The third kappa shape index (κ3) is 3.23. The molecule has 2 rings (SSSR count). The standard InChI is InChI=1S/C14H11N5O4S/c1-18-24(20,21)14-5-13-12(22-2-3-23-13)4-10(14)19-11(8-17)9(6-15)7-16/h4-5,18-19H,2-3H2,1H3. The average molecular weight is 345 g/mol. The highest BCUT2D eigenvalue weighted by Crippen LogP contribution is 2.38. The lowest BCUT2D eigenvalue weighted by Gasteiger charge is -2.21. The number of ether oxygens (including phenoxy) is 2. The summed E-state index contributed by atoms with van der Waals surface area (Å²) < 4.78 is 37.3. The second-order valence-corrected chi connectivity index (χ2v) is 6.26. The summed E-state index contributed by atoms with van der Waals surface area (Å²) in [6, 6.07) is 7.39. The van der Waals surface area contributed by atoms with Gasteiger partial charge in [0.25, 0.3) is 0 Å². The first-order chi connectivity index (χ1) is 11.5. The number of hydrogen-bond acceptors (Lipinski definition) is 8. The molecule has 0 saturated heterocycles. The van der Waals surface area contributed by atoms with Crippen LogP contribution in [-0.2, 0) is 10.0 Å². The van der Waals surface area contributed by atoms with Crippen molar-refractivity contribution in [2.24, 2.45) is 0 Å². The zero-order chi connectivity index (χ0) is 17.7. The van der Waals surface area contributed by atoms with Crippen LogP contribution in [0.15, 0.2) is 28.3 Å². The number of fused-ring (bicyclic) bond motifs is 1. The third-order valence-corrected chi connectivity index (χ3v) is 4.50. The lowest BCUT2D eigenvalue weighted by atomic mass is 10.2. The predicted octanol–water partition coefficient (Wildman–Crippen LogP) is 0.603. The summed E-state index contributed by atoms with van der Waals surface area (Å²) in [5, 5.41) is 29.4. The quantitative estimate of drug-likeness (QED) is 0.754.